The van der Waals surface area contributed by atoms with Crippen molar-refractivity contribution in [2.75, 3.05) is 0 Å². The maximum atomic E-state index is 12.4. The maximum Gasteiger partial charge on any atom is 0.0536 e. The maximum absolute atomic E-state index is 12.4. The van der Waals surface area contributed by atoms with Crippen LogP contribution in [0.15, 0.2) is 47.5 Å². The van der Waals surface area contributed by atoms with Crippen LogP contribution >= 0.6 is 0 Å². The van der Waals surface area contributed by atoms with E-state index in [-0.39, 0.29) is 17.1 Å². The first-order valence-corrected chi connectivity index (χ1v) is 8.27. The first-order chi connectivity index (χ1) is 10.8. The Morgan fingerprint density at radius 3 is 2.26 bits per heavy atom. The molecule has 0 aromatic heterocycles. The smallest absolute Gasteiger partial charge is 0.0536 e. The zero-order chi connectivity index (χ0) is 16.7. The van der Waals surface area contributed by atoms with E-state index in [2.05, 4.69) is 42.5 Å². The normalized spacial score (nSPS) is 22.0. The van der Waals surface area contributed by atoms with Gasteiger partial charge in [0.25, 0.3) is 0 Å². The van der Waals surface area contributed by atoms with Gasteiger partial charge in [0.15, 0.2) is 0 Å². The van der Waals surface area contributed by atoms with Crippen molar-refractivity contribution >= 4 is 17.0 Å². The number of piperidine rings is 1. The molecule has 3 rings (SSSR count). The minimum Gasteiger partial charge on any atom is -0.289 e. The van der Waals surface area contributed by atoms with E-state index in [1.54, 1.807) is 0 Å². The lowest BCUT2D eigenvalue weighted by molar-refractivity contribution is -0.288. The minimum atomic E-state index is -0.368. The summed E-state index contributed by atoms with van der Waals surface area (Å²) in [5, 5.41) is 16.1. The van der Waals surface area contributed by atoms with Crippen LogP contribution in [-0.4, -0.2) is 28.4 Å². The van der Waals surface area contributed by atoms with Crippen LogP contribution in [0.5, 0.6) is 0 Å². The van der Waals surface area contributed by atoms with Gasteiger partial charge in [0.2, 0.25) is 0 Å². The number of hydrogen-bond donors (Lipinski definition) is 0. The minimum absolute atomic E-state index is 0.191. The standard InChI is InChI=1S/C20H25N2O/c1-19(2)12-18(13-20(3,4)22(19)23)21-14-15-9-10-16-7-5-6-8-17(16)11-15/h5-11,14,18H,12-13H2,1-4H3. The largest absolute Gasteiger partial charge is 0.289 e. The van der Waals surface area contributed by atoms with Crippen molar-refractivity contribution in [3.05, 3.63) is 48.0 Å². The van der Waals surface area contributed by atoms with Gasteiger partial charge in [0.05, 0.1) is 6.04 Å². The number of rotatable bonds is 2. The molecule has 0 aliphatic carbocycles. The van der Waals surface area contributed by atoms with Gasteiger partial charge in [-0.05, 0) is 62.9 Å². The second kappa shape index (κ2) is 5.73. The molecule has 23 heavy (non-hydrogen) atoms. The summed E-state index contributed by atoms with van der Waals surface area (Å²) in [5.74, 6) is 0. The van der Waals surface area contributed by atoms with Crippen molar-refractivity contribution in [2.45, 2.75) is 57.7 Å². The van der Waals surface area contributed by atoms with E-state index in [1.165, 1.54) is 15.8 Å². The van der Waals surface area contributed by atoms with Gasteiger partial charge in [0, 0.05) is 17.3 Å². The summed E-state index contributed by atoms with van der Waals surface area (Å²) in [5.41, 5.74) is 0.379. The first kappa shape index (κ1) is 16.2. The highest BCUT2D eigenvalue weighted by atomic mass is 16.5. The predicted molar refractivity (Wildman–Crippen MR) is 95.2 cm³/mol. The molecule has 1 heterocycles. The van der Waals surface area contributed by atoms with E-state index >= 15 is 0 Å². The third-order valence-electron chi connectivity index (χ3n) is 4.78. The fourth-order valence-corrected chi connectivity index (χ4v) is 3.80. The van der Waals surface area contributed by atoms with Crippen molar-refractivity contribution < 1.29 is 5.21 Å². The molecule has 1 aliphatic rings. The molecule has 0 saturated carbocycles. The molecule has 0 unspecified atom stereocenters. The first-order valence-electron chi connectivity index (χ1n) is 8.27. The molecule has 2 aromatic carbocycles. The summed E-state index contributed by atoms with van der Waals surface area (Å²) in [4.78, 5) is 4.80. The summed E-state index contributed by atoms with van der Waals surface area (Å²) in [6, 6.07) is 14.9. The van der Waals surface area contributed by atoms with Gasteiger partial charge in [-0.2, -0.15) is 0 Å². The number of aliphatic imine (C=N–C) groups is 1. The van der Waals surface area contributed by atoms with Gasteiger partial charge in [-0.1, -0.05) is 36.4 Å². The quantitative estimate of drug-likeness (QED) is 0.745. The molecule has 0 spiro atoms. The van der Waals surface area contributed by atoms with Crippen LogP contribution in [0.3, 0.4) is 0 Å². The third kappa shape index (κ3) is 3.31. The van der Waals surface area contributed by atoms with Crippen LogP contribution in [0.1, 0.15) is 46.1 Å². The molecule has 3 heteroatoms. The molecule has 0 amide bonds. The Morgan fingerprint density at radius 1 is 1.00 bits per heavy atom. The molecule has 0 atom stereocenters. The Hall–Kier alpha value is -1.71. The molecule has 1 aliphatic heterocycles. The Labute approximate surface area is 138 Å². The Morgan fingerprint density at radius 2 is 1.61 bits per heavy atom. The second-order valence-corrected chi connectivity index (χ2v) is 7.87. The number of hydroxylamine groups is 2. The highest BCUT2D eigenvalue weighted by molar-refractivity contribution is 5.90. The average molecular weight is 309 g/mol. The SMILES string of the molecule is CC1(C)CC(N=Cc2ccc3ccccc3c2)CC(C)(C)N1[O]. The molecular weight excluding hydrogens is 284 g/mol. The number of hydrogen-bond acceptors (Lipinski definition) is 2. The molecule has 0 bridgehead atoms. The average Bonchev–Trinajstić information content (AvgIpc) is 2.50. The Bertz CT molecular complexity index is 715. The van der Waals surface area contributed by atoms with E-state index in [0.29, 0.717) is 0 Å². The van der Waals surface area contributed by atoms with E-state index in [1.807, 2.05) is 33.9 Å². The van der Waals surface area contributed by atoms with E-state index in [9.17, 15) is 5.21 Å². The van der Waals surface area contributed by atoms with Crippen LogP contribution in [0.4, 0.5) is 0 Å². The summed E-state index contributed by atoms with van der Waals surface area (Å²) in [7, 11) is 0. The van der Waals surface area contributed by atoms with Crippen molar-refractivity contribution in [1.82, 2.24) is 5.06 Å². The summed E-state index contributed by atoms with van der Waals surface area (Å²) in [6.07, 6.45) is 3.55. The topological polar surface area (TPSA) is 35.5 Å². The van der Waals surface area contributed by atoms with Gasteiger partial charge < -0.3 is 0 Å². The predicted octanol–water partition coefficient (Wildman–Crippen LogP) is 4.63. The van der Waals surface area contributed by atoms with Crippen molar-refractivity contribution in [1.29, 1.82) is 0 Å². The lowest BCUT2D eigenvalue weighted by Gasteiger charge is -2.48. The molecule has 1 radical (unpaired) electrons. The van der Waals surface area contributed by atoms with Gasteiger partial charge in [0.1, 0.15) is 0 Å². The van der Waals surface area contributed by atoms with Crippen molar-refractivity contribution in [3.8, 4) is 0 Å². The van der Waals surface area contributed by atoms with Gasteiger partial charge in [-0.3, -0.25) is 4.99 Å². The van der Waals surface area contributed by atoms with Crippen LogP contribution in [-0.2, 0) is 5.21 Å². The van der Waals surface area contributed by atoms with Gasteiger partial charge >= 0.3 is 0 Å². The fourth-order valence-electron chi connectivity index (χ4n) is 3.80. The van der Waals surface area contributed by atoms with E-state index < -0.39 is 0 Å². The monoisotopic (exact) mass is 309 g/mol. The summed E-state index contributed by atoms with van der Waals surface area (Å²) in [6.45, 7) is 8.05. The van der Waals surface area contributed by atoms with Crippen molar-refractivity contribution in [2.24, 2.45) is 4.99 Å². The van der Waals surface area contributed by atoms with Crippen molar-refractivity contribution in [3.63, 3.8) is 0 Å². The number of benzene rings is 2. The third-order valence-corrected chi connectivity index (χ3v) is 4.78. The Balaban J connectivity index is 1.81. The zero-order valence-electron chi connectivity index (χ0n) is 14.4. The van der Waals surface area contributed by atoms with E-state index in [4.69, 9.17) is 4.99 Å². The molecule has 3 nitrogen and oxygen atoms in total. The molecule has 121 valence electrons. The zero-order valence-corrected chi connectivity index (χ0v) is 14.4. The number of nitrogens with zero attached hydrogens (tertiary/aromatic N) is 2. The lowest BCUT2D eigenvalue weighted by atomic mass is 9.79. The van der Waals surface area contributed by atoms with E-state index in [0.717, 1.165) is 18.4 Å². The Kier molecular flexibility index (Phi) is 4.03. The second-order valence-electron chi connectivity index (χ2n) is 7.87. The van der Waals surface area contributed by atoms with Gasteiger partial charge in [-0.25, -0.2) is 0 Å². The molecule has 1 saturated heterocycles. The fraction of sp³-hybridized carbons (Fsp3) is 0.450. The summed E-state index contributed by atoms with van der Waals surface area (Å²) >= 11 is 0. The lowest BCUT2D eigenvalue weighted by Crippen LogP contribution is -2.59. The molecule has 2 aromatic rings. The van der Waals surface area contributed by atoms with Crippen LogP contribution in [0, 0.1) is 0 Å². The molecular formula is C20H25N2O. The summed E-state index contributed by atoms with van der Waals surface area (Å²) < 4.78 is 0. The van der Waals surface area contributed by atoms with Crippen LogP contribution in [0.25, 0.3) is 10.8 Å². The van der Waals surface area contributed by atoms with Crippen LogP contribution < -0.4 is 0 Å². The van der Waals surface area contributed by atoms with Crippen LogP contribution in [0.2, 0.25) is 0 Å². The van der Waals surface area contributed by atoms with Gasteiger partial charge in [-0.15, -0.1) is 10.3 Å². The highest BCUT2D eigenvalue weighted by Gasteiger charge is 2.45. The highest BCUT2D eigenvalue weighted by Crippen LogP contribution is 2.38. The number of fused-ring (bicyclic) bond motifs is 1. The molecule has 0 N–H and O–H groups in total. The molecule has 1 fully saturated rings.